The second-order valence-corrected chi connectivity index (χ2v) is 14.3. The summed E-state index contributed by atoms with van der Waals surface area (Å²) in [6.07, 6.45) is 6.20. The van der Waals surface area contributed by atoms with Gasteiger partial charge in [-0.05, 0) is 105 Å². The molecule has 1 unspecified atom stereocenters. The van der Waals surface area contributed by atoms with Gasteiger partial charge in [0.05, 0.1) is 25.5 Å². The Bertz CT molecular complexity index is 1910. The van der Waals surface area contributed by atoms with Gasteiger partial charge in [0.2, 0.25) is 23.7 Å². The first kappa shape index (κ1) is 36.2. The molecule has 276 valence electrons. The minimum atomic E-state index is -0.390. The third-order valence-electron chi connectivity index (χ3n) is 10.5. The van der Waals surface area contributed by atoms with Gasteiger partial charge in [-0.1, -0.05) is 48.0 Å². The summed E-state index contributed by atoms with van der Waals surface area (Å²) in [6.45, 7) is 3.69. The highest BCUT2D eigenvalue weighted by Crippen LogP contribution is 2.36. The van der Waals surface area contributed by atoms with Crippen LogP contribution in [-0.2, 0) is 14.4 Å². The van der Waals surface area contributed by atoms with Crippen molar-refractivity contribution in [3.05, 3.63) is 95.1 Å². The quantitative estimate of drug-likeness (QED) is 0.127. The number of ether oxygens (including phenoxy) is 1. The third kappa shape index (κ3) is 9.06. The number of nitrogens with zero attached hydrogens (tertiary/aromatic N) is 4. The molecule has 53 heavy (non-hydrogen) atoms. The molecule has 1 atom stereocenters. The lowest BCUT2D eigenvalue weighted by molar-refractivity contribution is -0.134. The summed E-state index contributed by atoms with van der Waals surface area (Å²) in [5.41, 5.74) is 4.96. The summed E-state index contributed by atoms with van der Waals surface area (Å²) in [6, 6.07) is 23.7. The van der Waals surface area contributed by atoms with Crippen molar-refractivity contribution >= 4 is 58.2 Å². The Labute approximate surface area is 314 Å². The van der Waals surface area contributed by atoms with E-state index >= 15 is 0 Å². The Hall–Kier alpha value is -5.20. The van der Waals surface area contributed by atoms with E-state index in [9.17, 15) is 14.4 Å². The largest absolute Gasteiger partial charge is 0.495 e. The molecule has 3 aliphatic rings. The molecular weight excluding hydrogens is 692 g/mol. The van der Waals surface area contributed by atoms with E-state index in [-0.39, 0.29) is 17.7 Å². The number of methoxy groups -OCH3 is 1. The number of aromatic nitrogens is 2. The van der Waals surface area contributed by atoms with E-state index in [4.69, 9.17) is 16.3 Å². The highest BCUT2D eigenvalue weighted by molar-refractivity contribution is 6.32. The fourth-order valence-electron chi connectivity index (χ4n) is 7.42. The van der Waals surface area contributed by atoms with Crippen molar-refractivity contribution in [2.75, 3.05) is 55.8 Å². The number of para-hydroxylation sites is 1. The summed E-state index contributed by atoms with van der Waals surface area (Å²) >= 11 is 6.37. The molecule has 0 spiro atoms. The number of benzene rings is 3. The van der Waals surface area contributed by atoms with E-state index in [1.807, 2.05) is 53.4 Å². The number of carbonyl (C=O) groups is 3. The Morgan fingerprint density at radius 3 is 2.28 bits per heavy atom. The SMILES string of the molecule is COc1cc(C2CCN(C(=O)CN3CCC(c4ccc(NC5CCC(=O)NC5=O)cc4)CC3)CC2)ccc1Nc1ncc(Cl)c(Nc2ccccc2)n1. The lowest BCUT2D eigenvalue weighted by atomic mass is 9.88. The Kier molecular flexibility index (Phi) is 11.4. The summed E-state index contributed by atoms with van der Waals surface area (Å²) in [5, 5.41) is 12.6. The Morgan fingerprint density at radius 1 is 0.868 bits per heavy atom. The van der Waals surface area contributed by atoms with E-state index in [1.54, 1.807) is 13.3 Å². The highest BCUT2D eigenvalue weighted by atomic mass is 35.5. The first-order valence-electron chi connectivity index (χ1n) is 18.3. The van der Waals surface area contributed by atoms with Gasteiger partial charge in [-0.3, -0.25) is 24.6 Å². The number of anilines is 5. The van der Waals surface area contributed by atoms with Crippen molar-refractivity contribution in [1.82, 2.24) is 25.1 Å². The highest BCUT2D eigenvalue weighted by Gasteiger charge is 2.29. The van der Waals surface area contributed by atoms with Gasteiger partial charge in [0.15, 0.2) is 5.82 Å². The van der Waals surface area contributed by atoms with E-state index in [0.29, 0.717) is 53.8 Å². The van der Waals surface area contributed by atoms with E-state index in [0.717, 1.165) is 68.9 Å². The zero-order chi connectivity index (χ0) is 36.7. The predicted octanol–water partition coefficient (Wildman–Crippen LogP) is 6.43. The number of piperidine rings is 3. The Balaban J connectivity index is 0.864. The maximum Gasteiger partial charge on any atom is 0.249 e. The molecule has 3 aromatic carbocycles. The van der Waals surface area contributed by atoms with Crippen molar-refractivity contribution in [2.24, 2.45) is 0 Å². The van der Waals surface area contributed by atoms with Crippen LogP contribution in [-0.4, -0.2) is 83.4 Å². The summed E-state index contributed by atoms with van der Waals surface area (Å²) < 4.78 is 5.76. The van der Waals surface area contributed by atoms with Crippen molar-refractivity contribution in [3.8, 4) is 5.75 Å². The van der Waals surface area contributed by atoms with Gasteiger partial charge >= 0.3 is 0 Å². The van der Waals surface area contributed by atoms with E-state index in [2.05, 4.69) is 60.4 Å². The average Bonchev–Trinajstić information content (AvgIpc) is 3.18. The van der Waals surface area contributed by atoms with Crippen LogP contribution in [0.4, 0.5) is 28.8 Å². The topological polar surface area (TPSA) is 141 Å². The number of rotatable bonds is 11. The van der Waals surface area contributed by atoms with Crippen molar-refractivity contribution in [2.45, 2.75) is 56.4 Å². The number of amides is 3. The van der Waals surface area contributed by atoms with Crippen molar-refractivity contribution in [1.29, 1.82) is 0 Å². The monoisotopic (exact) mass is 736 g/mol. The van der Waals surface area contributed by atoms with Crippen LogP contribution in [0.5, 0.6) is 5.75 Å². The van der Waals surface area contributed by atoms with Gasteiger partial charge in [-0.2, -0.15) is 4.98 Å². The average molecular weight is 737 g/mol. The third-order valence-corrected chi connectivity index (χ3v) is 10.8. The molecule has 4 aromatic rings. The molecule has 3 amide bonds. The molecule has 4 N–H and O–H groups in total. The maximum absolute atomic E-state index is 13.3. The van der Waals surface area contributed by atoms with Crippen LogP contribution in [0.15, 0.2) is 79.0 Å². The van der Waals surface area contributed by atoms with Crippen LogP contribution in [0.3, 0.4) is 0 Å². The molecule has 0 radical (unpaired) electrons. The second-order valence-electron chi connectivity index (χ2n) is 13.9. The van der Waals surface area contributed by atoms with Crippen LogP contribution < -0.4 is 26.0 Å². The van der Waals surface area contributed by atoms with Crippen LogP contribution in [0.2, 0.25) is 5.02 Å². The fourth-order valence-corrected chi connectivity index (χ4v) is 7.56. The number of carbonyl (C=O) groups excluding carboxylic acids is 3. The first-order valence-corrected chi connectivity index (χ1v) is 18.7. The fraction of sp³-hybridized carbons (Fsp3) is 0.375. The zero-order valence-electron chi connectivity index (χ0n) is 29.8. The molecule has 0 aliphatic carbocycles. The van der Waals surface area contributed by atoms with Gasteiger partial charge in [0.1, 0.15) is 16.8 Å². The normalized spacial score (nSPS) is 18.7. The number of likely N-dealkylation sites (tertiary alicyclic amines) is 2. The number of hydrogen-bond acceptors (Lipinski definition) is 10. The van der Waals surface area contributed by atoms with Crippen LogP contribution in [0, 0.1) is 0 Å². The first-order chi connectivity index (χ1) is 25.8. The van der Waals surface area contributed by atoms with Gasteiger partial charge < -0.3 is 25.6 Å². The predicted molar refractivity (Wildman–Crippen MR) is 206 cm³/mol. The number of imide groups is 1. The molecule has 12 nitrogen and oxygen atoms in total. The van der Waals surface area contributed by atoms with Gasteiger partial charge in [-0.15, -0.1) is 0 Å². The molecule has 13 heteroatoms. The van der Waals surface area contributed by atoms with Crippen LogP contribution in [0.25, 0.3) is 0 Å². The maximum atomic E-state index is 13.3. The van der Waals surface area contributed by atoms with Crippen molar-refractivity contribution in [3.63, 3.8) is 0 Å². The molecule has 7 rings (SSSR count). The molecule has 0 saturated carbocycles. The summed E-state index contributed by atoms with van der Waals surface area (Å²) in [4.78, 5) is 50.1. The lowest BCUT2D eigenvalue weighted by Crippen LogP contribution is -2.47. The molecule has 3 aliphatic heterocycles. The molecule has 0 bridgehead atoms. The van der Waals surface area contributed by atoms with Gasteiger partial charge in [0.25, 0.3) is 0 Å². The van der Waals surface area contributed by atoms with Gasteiger partial charge in [-0.25, -0.2) is 4.98 Å². The standard InChI is InChI=1S/C40H45ClN8O4/c1-53-35-23-29(9-12-33(35)45-40-42-24-32(41)38(47-40)44-30-5-3-2-4-6-30)28-17-21-49(22-18-28)37(51)25-48-19-15-27(16-20-48)26-7-10-31(11-8-26)43-34-13-14-36(50)46-39(34)52/h2-12,23-24,27-28,34,43H,13-22,25H2,1H3,(H,46,50,52)(H2,42,44,45,47). The number of nitrogens with one attached hydrogen (secondary N) is 4. The Morgan fingerprint density at radius 2 is 1.57 bits per heavy atom. The lowest BCUT2D eigenvalue weighted by Gasteiger charge is -2.36. The summed E-state index contributed by atoms with van der Waals surface area (Å²) in [7, 11) is 1.65. The van der Waals surface area contributed by atoms with Crippen LogP contribution >= 0.6 is 11.6 Å². The summed E-state index contributed by atoms with van der Waals surface area (Å²) in [5.74, 6) is 2.08. The number of hydrogen-bond donors (Lipinski definition) is 4. The minimum Gasteiger partial charge on any atom is -0.495 e. The molecule has 3 saturated heterocycles. The molecule has 1 aromatic heterocycles. The smallest absolute Gasteiger partial charge is 0.249 e. The molecule has 4 heterocycles. The van der Waals surface area contributed by atoms with E-state index in [1.165, 1.54) is 11.1 Å². The van der Waals surface area contributed by atoms with Gasteiger partial charge in [0, 0.05) is 30.9 Å². The second kappa shape index (κ2) is 16.6. The molecular formula is C40H45ClN8O4. The van der Waals surface area contributed by atoms with Crippen LogP contribution in [0.1, 0.15) is 61.5 Å². The zero-order valence-corrected chi connectivity index (χ0v) is 30.6. The van der Waals surface area contributed by atoms with Crippen molar-refractivity contribution < 1.29 is 19.1 Å². The molecule has 3 fully saturated rings. The van der Waals surface area contributed by atoms with E-state index < -0.39 is 6.04 Å². The number of halogens is 1. The minimum absolute atomic E-state index is 0.201.